The Morgan fingerprint density at radius 1 is 1.18 bits per heavy atom. The van der Waals surface area contributed by atoms with Crippen LogP contribution in [0.3, 0.4) is 0 Å². The number of hydrogen-bond donors (Lipinski definition) is 1. The topological polar surface area (TPSA) is 78.3 Å². The second-order valence-corrected chi connectivity index (χ2v) is 9.53. The summed E-state index contributed by atoms with van der Waals surface area (Å²) in [7, 11) is 0. The summed E-state index contributed by atoms with van der Waals surface area (Å²) in [6, 6.07) is 16.0. The zero-order valence-electron chi connectivity index (χ0n) is 19.3. The summed E-state index contributed by atoms with van der Waals surface area (Å²) < 4.78 is 13.7. The molecule has 1 saturated heterocycles. The molecule has 1 aliphatic rings. The van der Waals surface area contributed by atoms with Gasteiger partial charge in [-0.1, -0.05) is 48.2 Å². The van der Waals surface area contributed by atoms with Crippen LogP contribution in [0, 0.1) is 13.8 Å². The van der Waals surface area contributed by atoms with Gasteiger partial charge in [-0.15, -0.1) is 10.2 Å². The Morgan fingerprint density at radius 3 is 2.64 bits per heavy atom. The normalized spacial score (nSPS) is 16.5. The van der Waals surface area contributed by atoms with Crippen molar-refractivity contribution < 1.29 is 14.3 Å². The van der Waals surface area contributed by atoms with Gasteiger partial charge in [0.05, 0.1) is 11.4 Å². The van der Waals surface area contributed by atoms with E-state index in [-0.39, 0.29) is 23.9 Å². The number of rotatable bonds is 9. The molecular weight excluding hydrogens is 436 g/mol. The van der Waals surface area contributed by atoms with Crippen molar-refractivity contribution >= 4 is 17.7 Å². The number of thioether (sulfide) groups is 1. The standard InChI is InChI=1S/C25H30N4O3S/c1-17-9-7-10-18(2)23(17)32-16-22-27-28-25(29(22)20-11-5-4-6-12-20)33-19(3)24(30)26-15-21-13-8-14-31-21/h4-7,9-12,19,21H,8,13-16H2,1-3H3,(H,26,30). The average molecular weight is 467 g/mol. The van der Waals surface area contributed by atoms with E-state index >= 15 is 0 Å². The molecule has 7 nitrogen and oxygen atoms in total. The zero-order valence-corrected chi connectivity index (χ0v) is 20.1. The van der Waals surface area contributed by atoms with Gasteiger partial charge in [0, 0.05) is 18.8 Å². The third kappa shape index (κ3) is 5.75. The fraction of sp³-hybridized carbons (Fsp3) is 0.400. The number of carbonyl (C=O) groups excluding carboxylic acids is 1. The lowest BCUT2D eigenvalue weighted by Crippen LogP contribution is -2.36. The largest absolute Gasteiger partial charge is 0.485 e. The Labute approximate surface area is 198 Å². The van der Waals surface area contributed by atoms with E-state index in [4.69, 9.17) is 9.47 Å². The van der Waals surface area contributed by atoms with Gasteiger partial charge in [0.25, 0.3) is 0 Å². The first kappa shape index (κ1) is 23.3. The highest BCUT2D eigenvalue weighted by molar-refractivity contribution is 8.00. The first-order valence-corrected chi connectivity index (χ1v) is 12.2. The van der Waals surface area contributed by atoms with E-state index in [0.717, 1.165) is 42.0 Å². The number of amides is 1. The minimum atomic E-state index is -0.328. The maximum Gasteiger partial charge on any atom is 0.233 e. The van der Waals surface area contributed by atoms with Crippen LogP contribution >= 0.6 is 11.8 Å². The van der Waals surface area contributed by atoms with Crippen molar-refractivity contribution in [2.24, 2.45) is 0 Å². The average Bonchev–Trinajstić information content (AvgIpc) is 3.48. The van der Waals surface area contributed by atoms with E-state index in [0.29, 0.717) is 17.5 Å². The molecule has 1 amide bonds. The summed E-state index contributed by atoms with van der Waals surface area (Å²) in [5, 5.41) is 12.1. The minimum Gasteiger partial charge on any atom is -0.485 e. The van der Waals surface area contributed by atoms with Crippen molar-refractivity contribution in [2.45, 2.75) is 56.7 Å². The molecule has 8 heteroatoms. The molecule has 1 N–H and O–H groups in total. The van der Waals surface area contributed by atoms with Gasteiger partial charge in [-0.3, -0.25) is 9.36 Å². The van der Waals surface area contributed by atoms with Crippen LogP contribution in [-0.4, -0.2) is 45.2 Å². The molecule has 0 bridgehead atoms. The smallest absolute Gasteiger partial charge is 0.233 e. The number of nitrogens with zero attached hydrogens (tertiary/aromatic N) is 3. The molecule has 1 fully saturated rings. The molecule has 0 aliphatic carbocycles. The highest BCUT2D eigenvalue weighted by Crippen LogP contribution is 2.28. The van der Waals surface area contributed by atoms with Crippen LogP contribution < -0.4 is 10.1 Å². The molecule has 1 aromatic heterocycles. The lowest BCUT2D eigenvalue weighted by Gasteiger charge is -2.16. The Balaban J connectivity index is 1.50. The Morgan fingerprint density at radius 2 is 1.94 bits per heavy atom. The van der Waals surface area contributed by atoms with E-state index in [9.17, 15) is 4.79 Å². The third-order valence-corrected chi connectivity index (χ3v) is 6.69. The molecule has 2 unspecified atom stereocenters. The molecule has 33 heavy (non-hydrogen) atoms. The van der Waals surface area contributed by atoms with Crippen LogP contribution in [-0.2, 0) is 16.1 Å². The van der Waals surface area contributed by atoms with E-state index in [2.05, 4.69) is 15.5 Å². The van der Waals surface area contributed by atoms with Crippen LogP contribution in [0.2, 0.25) is 0 Å². The van der Waals surface area contributed by atoms with Gasteiger partial charge in [-0.2, -0.15) is 0 Å². The molecule has 0 saturated carbocycles. The summed E-state index contributed by atoms with van der Waals surface area (Å²) in [5.41, 5.74) is 3.08. The van der Waals surface area contributed by atoms with Crippen LogP contribution in [0.25, 0.3) is 5.69 Å². The van der Waals surface area contributed by atoms with Crippen LogP contribution in [0.1, 0.15) is 36.7 Å². The molecule has 0 spiro atoms. The number of carbonyl (C=O) groups is 1. The Kier molecular flexibility index (Phi) is 7.67. The van der Waals surface area contributed by atoms with Crippen LogP contribution in [0.4, 0.5) is 0 Å². The number of aryl methyl sites for hydroxylation is 2. The first-order chi connectivity index (χ1) is 16.0. The predicted octanol–water partition coefficient (Wildman–Crippen LogP) is 4.24. The summed E-state index contributed by atoms with van der Waals surface area (Å²) in [5.74, 6) is 1.50. The zero-order chi connectivity index (χ0) is 23.2. The number of hydrogen-bond acceptors (Lipinski definition) is 6. The molecule has 2 heterocycles. The van der Waals surface area contributed by atoms with Crippen molar-refractivity contribution in [3.8, 4) is 11.4 Å². The van der Waals surface area contributed by atoms with Gasteiger partial charge in [0.1, 0.15) is 12.4 Å². The Hall–Kier alpha value is -2.84. The van der Waals surface area contributed by atoms with Crippen LogP contribution in [0.5, 0.6) is 5.75 Å². The SMILES string of the molecule is Cc1cccc(C)c1OCc1nnc(SC(C)C(=O)NCC2CCCO2)n1-c1ccccc1. The van der Waals surface area contributed by atoms with E-state index < -0.39 is 0 Å². The molecule has 0 radical (unpaired) electrons. The molecule has 3 aromatic rings. The fourth-order valence-electron chi connectivity index (χ4n) is 3.85. The summed E-state index contributed by atoms with van der Waals surface area (Å²) >= 11 is 1.39. The second-order valence-electron chi connectivity index (χ2n) is 8.22. The summed E-state index contributed by atoms with van der Waals surface area (Å²) in [6.07, 6.45) is 2.17. The lowest BCUT2D eigenvalue weighted by molar-refractivity contribution is -0.120. The van der Waals surface area contributed by atoms with Gasteiger partial charge in [-0.05, 0) is 56.9 Å². The minimum absolute atomic E-state index is 0.0357. The van der Waals surface area contributed by atoms with Crippen molar-refractivity contribution in [1.29, 1.82) is 0 Å². The fourth-order valence-corrected chi connectivity index (χ4v) is 4.76. The first-order valence-electron chi connectivity index (χ1n) is 11.3. The van der Waals surface area contributed by atoms with Crippen molar-refractivity contribution in [3.63, 3.8) is 0 Å². The van der Waals surface area contributed by atoms with Gasteiger partial charge < -0.3 is 14.8 Å². The van der Waals surface area contributed by atoms with Gasteiger partial charge >= 0.3 is 0 Å². The maximum absolute atomic E-state index is 12.7. The van der Waals surface area contributed by atoms with Gasteiger partial charge in [0.15, 0.2) is 11.0 Å². The highest BCUT2D eigenvalue weighted by atomic mass is 32.2. The van der Waals surface area contributed by atoms with E-state index in [1.807, 2.05) is 73.9 Å². The Bertz CT molecular complexity index is 1060. The third-order valence-electron chi connectivity index (χ3n) is 5.65. The summed E-state index contributed by atoms with van der Waals surface area (Å²) in [4.78, 5) is 12.7. The molecule has 2 aromatic carbocycles. The van der Waals surface area contributed by atoms with Crippen LogP contribution in [0.15, 0.2) is 53.7 Å². The number of ether oxygens (including phenoxy) is 2. The number of para-hydroxylation sites is 2. The molecule has 174 valence electrons. The second kappa shape index (κ2) is 10.9. The molecule has 2 atom stereocenters. The highest BCUT2D eigenvalue weighted by Gasteiger charge is 2.23. The van der Waals surface area contributed by atoms with Crippen molar-refractivity contribution in [2.75, 3.05) is 13.2 Å². The molecule has 1 aliphatic heterocycles. The monoisotopic (exact) mass is 466 g/mol. The predicted molar refractivity (Wildman–Crippen MR) is 129 cm³/mol. The quantitative estimate of drug-likeness (QED) is 0.475. The lowest BCUT2D eigenvalue weighted by atomic mass is 10.1. The number of aromatic nitrogens is 3. The van der Waals surface area contributed by atoms with E-state index in [1.54, 1.807) is 0 Å². The molecule has 4 rings (SSSR count). The number of benzene rings is 2. The van der Waals surface area contributed by atoms with Crippen molar-refractivity contribution in [1.82, 2.24) is 20.1 Å². The number of nitrogens with one attached hydrogen (secondary N) is 1. The van der Waals surface area contributed by atoms with Crippen molar-refractivity contribution in [3.05, 3.63) is 65.5 Å². The van der Waals surface area contributed by atoms with Gasteiger partial charge in [0.2, 0.25) is 5.91 Å². The van der Waals surface area contributed by atoms with Gasteiger partial charge in [-0.25, -0.2) is 0 Å². The summed E-state index contributed by atoms with van der Waals surface area (Å²) in [6.45, 7) is 7.53. The maximum atomic E-state index is 12.7. The molecular formula is C25H30N4O3S. The van der Waals surface area contributed by atoms with E-state index in [1.165, 1.54) is 11.8 Å².